The van der Waals surface area contributed by atoms with E-state index in [9.17, 15) is 4.79 Å². The van der Waals surface area contributed by atoms with Gasteiger partial charge >= 0.3 is 0 Å². The van der Waals surface area contributed by atoms with E-state index in [0.29, 0.717) is 0 Å². The molecule has 1 aliphatic rings. The van der Waals surface area contributed by atoms with Crippen LogP contribution < -0.4 is 5.32 Å². The Hall–Kier alpha value is -0.510. The summed E-state index contributed by atoms with van der Waals surface area (Å²) in [6, 6.07) is 0. The van der Waals surface area contributed by atoms with Crippen molar-refractivity contribution in [3.63, 3.8) is 0 Å². The number of carbonyl (C=O) groups is 1. The molecule has 0 bridgehead atoms. The van der Waals surface area contributed by atoms with Gasteiger partial charge in [0.05, 0.1) is 5.92 Å². The molecule has 1 aliphatic heterocycles. The van der Waals surface area contributed by atoms with E-state index in [1.54, 1.807) is 0 Å². The molecular formula is C8H14N2OS. The van der Waals surface area contributed by atoms with Crippen LogP contribution in [0.3, 0.4) is 0 Å². The summed E-state index contributed by atoms with van der Waals surface area (Å²) in [6.45, 7) is 3.95. The minimum Gasteiger partial charge on any atom is -0.325 e. The van der Waals surface area contributed by atoms with Gasteiger partial charge in [0.2, 0.25) is 5.91 Å². The Morgan fingerprint density at radius 3 is 2.83 bits per heavy atom. The number of hydrogen-bond acceptors (Lipinski definition) is 3. The summed E-state index contributed by atoms with van der Waals surface area (Å²) in [4.78, 5) is 15.5. The Kier molecular flexibility index (Phi) is 3.14. The van der Waals surface area contributed by atoms with Gasteiger partial charge < -0.3 is 5.32 Å². The van der Waals surface area contributed by atoms with E-state index in [-0.39, 0.29) is 17.3 Å². The van der Waals surface area contributed by atoms with Crippen molar-refractivity contribution in [1.82, 2.24) is 5.32 Å². The normalized spacial score (nSPS) is 29.6. The summed E-state index contributed by atoms with van der Waals surface area (Å²) in [5, 5.41) is 2.68. The summed E-state index contributed by atoms with van der Waals surface area (Å²) in [7, 11) is 0. The lowest BCUT2D eigenvalue weighted by Gasteiger charge is -2.23. The Bertz CT molecular complexity index is 215. The van der Waals surface area contributed by atoms with Crippen LogP contribution in [0.5, 0.6) is 0 Å². The van der Waals surface area contributed by atoms with E-state index in [1.165, 1.54) is 0 Å². The predicted molar refractivity (Wildman–Crippen MR) is 52.4 cm³/mol. The number of rotatable bonds is 2. The van der Waals surface area contributed by atoms with E-state index >= 15 is 0 Å². The van der Waals surface area contributed by atoms with Gasteiger partial charge in [0.25, 0.3) is 0 Å². The highest BCUT2D eigenvalue weighted by Crippen LogP contribution is 2.15. The Balaban J connectivity index is 2.72. The fraction of sp³-hybridized carbons (Fsp3) is 0.750. The van der Waals surface area contributed by atoms with Crippen LogP contribution in [0.25, 0.3) is 0 Å². The molecule has 0 aromatic heterocycles. The molecule has 1 rings (SSSR count). The summed E-state index contributed by atoms with van der Waals surface area (Å²) >= 11 is 4.07. The minimum atomic E-state index is -0.342. The highest BCUT2D eigenvalue weighted by molar-refractivity contribution is 7.80. The molecule has 0 fully saturated rings. The fourth-order valence-electron chi connectivity index (χ4n) is 1.36. The largest absolute Gasteiger partial charge is 0.325 e. The second kappa shape index (κ2) is 3.94. The van der Waals surface area contributed by atoms with Crippen LogP contribution in [-0.4, -0.2) is 17.1 Å². The zero-order valence-electron chi connectivity index (χ0n) is 7.37. The second-order valence-electron chi connectivity index (χ2n) is 2.99. The van der Waals surface area contributed by atoms with Crippen LogP contribution in [0.15, 0.2) is 4.99 Å². The van der Waals surface area contributed by atoms with Gasteiger partial charge in [-0.25, -0.2) is 0 Å². The van der Waals surface area contributed by atoms with Crippen molar-refractivity contribution in [2.75, 3.05) is 0 Å². The zero-order chi connectivity index (χ0) is 9.14. The molecule has 2 unspecified atom stereocenters. The zero-order valence-corrected chi connectivity index (χ0v) is 8.27. The Morgan fingerprint density at radius 2 is 2.33 bits per heavy atom. The average molecular weight is 186 g/mol. The lowest BCUT2D eigenvalue weighted by molar-refractivity contribution is -0.123. The first-order valence-electron chi connectivity index (χ1n) is 4.18. The minimum absolute atomic E-state index is 0.0293. The van der Waals surface area contributed by atoms with Gasteiger partial charge in [-0.2, -0.15) is 0 Å². The van der Waals surface area contributed by atoms with E-state index in [0.717, 1.165) is 18.6 Å². The quantitative estimate of drug-likeness (QED) is 0.625. The van der Waals surface area contributed by atoms with Gasteiger partial charge in [-0.1, -0.05) is 13.3 Å². The van der Waals surface area contributed by atoms with Gasteiger partial charge in [0.15, 0.2) is 5.50 Å². The van der Waals surface area contributed by atoms with Gasteiger partial charge in [-0.15, -0.1) is 12.6 Å². The standard InChI is InChI=1S/C8H14N2OS/c1-3-4-6-5(2)9-8(12)10-7(6)11/h6,8,12H,3-4H2,1-2H3,(H,10,11). The average Bonchev–Trinajstić information content (AvgIpc) is 1.96. The molecule has 0 radical (unpaired) electrons. The number of aliphatic imine (C=N–C) groups is 1. The summed E-state index contributed by atoms with van der Waals surface area (Å²) < 4.78 is 0. The third-order valence-electron chi connectivity index (χ3n) is 2.00. The third kappa shape index (κ3) is 2.00. The maximum Gasteiger partial charge on any atom is 0.231 e. The van der Waals surface area contributed by atoms with Gasteiger partial charge in [-0.3, -0.25) is 9.79 Å². The highest BCUT2D eigenvalue weighted by Gasteiger charge is 2.26. The molecule has 0 spiro atoms. The molecule has 0 aromatic rings. The van der Waals surface area contributed by atoms with Crippen molar-refractivity contribution in [3.8, 4) is 0 Å². The maximum atomic E-state index is 11.4. The first-order valence-corrected chi connectivity index (χ1v) is 4.69. The van der Waals surface area contributed by atoms with Gasteiger partial charge in [0.1, 0.15) is 0 Å². The predicted octanol–water partition coefficient (Wildman–Crippen LogP) is 1.21. The molecule has 2 atom stereocenters. The van der Waals surface area contributed by atoms with Crippen molar-refractivity contribution < 1.29 is 4.79 Å². The van der Waals surface area contributed by atoms with Crippen LogP contribution in [0.2, 0.25) is 0 Å². The third-order valence-corrected chi connectivity index (χ3v) is 2.24. The lowest BCUT2D eigenvalue weighted by atomic mass is 9.97. The number of amides is 1. The molecule has 4 heteroatoms. The van der Waals surface area contributed by atoms with E-state index < -0.39 is 0 Å². The SMILES string of the molecule is CCCC1C(=O)NC(S)N=C1C. The molecule has 1 N–H and O–H groups in total. The topological polar surface area (TPSA) is 41.5 Å². The second-order valence-corrected chi connectivity index (χ2v) is 3.48. The van der Waals surface area contributed by atoms with E-state index in [4.69, 9.17) is 0 Å². The van der Waals surface area contributed by atoms with Gasteiger partial charge in [-0.05, 0) is 13.3 Å². The smallest absolute Gasteiger partial charge is 0.231 e. The molecular weight excluding hydrogens is 172 g/mol. The molecule has 68 valence electrons. The lowest BCUT2D eigenvalue weighted by Crippen LogP contribution is -2.43. The molecule has 1 heterocycles. The first-order chi connectivity index (χ1) is 5.65. The van der Waals surface area contributed by atoms with Crippen LogP contribution in [0.1, 0.15) is 26.7 Å². The van der Waals surface area contributed by atoms with E-state index in [1.807, 2.05) is 6.92 Å². The van der Waals surface area contributed by atoms with Crippen LogP contribution in [-0.2, 0) is 4.79 Å². The van der Waals surface area contributed by atoms with Crippen LogP contribution in [0.4, 0.5) is 0 Å². The number of nitrogens with one attached hydrogen (secondary N) is 1. The van der Waals surface area contributed by atoms with Crippen molar-refractivity contribution in [2.24, 2.45) is 10.9 Å². The molecule has 0 aliphatic carbocycles. The summed E-state index contributed by atoms with van der Waals surface area (Å²) in [5.74, 6) is 0.0303. The van der Waals surface area contributed by atoms with Crippen molar-refractivity contribution in [2.45, 2.75) is 32.2 Å². The number of carbonyl (C=O) groups excluding carboxylic acids is 1. The molecule has 0 saturated heterocycles. The number of nitrogens with zero attached hydrogens (tertiary/aromatic N) is 1. The fourth-order valence-corrected chi connectivity index (χ4v) is 1.67. The first kappa shape index (κ1) is 9.58. The number of hydrogen-bond donors (Lipinski definition) is 2. The summed E-state index contributed by atoms with van der Waals surface area (Å²) in [6.07, 6.45) is 1.88. The Labute approximate surface area is 78.0 Å². The molecule has 1 amide bonds. The maximum absolute atomic E-state index is 11.4. The van der Waals surface area contributed by atoms with Crippen molar-refractivity contribution in [3.05, 3.63) is 0 Å². The number of thiol groups is 1. The van der Waals surface area contributed by atoms with Gasteiger partial charge in [0, 0.05) is 5.71 Å². The van der Waals surface area contributed by atoms with Crippen LogP contribution >= 0.6 is 12.6 Å². The Morgan fingerprint density at radius 1 is 1.67 bits per heavy atom. The van der Waals surface area contributed by atoms with Crippen molar-refractivity contribution in [1.29, 1.82) is 0 Å². The highest BCUT2D eigenvalue weighted by atomic mass is 32.1. The molecule has 0 aromatic carbocycles. The summed E-state index contributed by atoms with van der Waals surface area (Å²) in [5.41, 5.74) is 0.561. The van der Waals surface area contributed by atoms with E-state index in [2.05, 4.69) is 29.9 Å². The van der Waals surface area contributed by atoms with Crippen molar-refractivity contribution >= 4 is 24.2 Å². The molecule has 0 saturated carbocycles. The van der Waals surface area contributed by atoms with Crippen LogP contribution in [0, 0.1) is 5.92 Å². The molecule has 3 nitrogen and oxygen atoms in total. The monoisotopic (exact) mass is 186 g/mol. The molecule has 12 heavy (non-hydrogen) atoms.